The first kappa shape index (κ1) is 12.5. The van der Waals surface area contributed by atoms with E-state index in [1.807, 2.05) is 38.4 Å². The SMILES string of the molecule is CCNc1cc(C)nc(Cn2nc(C)nc2C)n1. The van der Waals surface area contributed by atoms with Gasteiger partial charge >= 0.3 is 0 Å². The number of hydrogen-bond acceptors (Lipinski definition) is 5. The number of nitrogens with zero attached hydrogens (tertiary/aromatic N) is 5. The van der Waals surface area contributed by atoms with E-state index in [2.05, 4.69) is 25.4 Å². The molecule has 0 radical (unpaired) electrons. The average Bonchev–Trinajstić information content (AvgIpc) is 2.57. The van der Waals surface area contributed by atoms with Crippen LogP contribution in [-0.4, -0.2) is 31.3 Å². The van der Waals surface area contributed by atoms with Gasteiger partial charge in [-0.3, -0.25) is 0 Å². The molecule has 0 aliphatic heterocycles. The van der Waals surface area contributed by atoms with Gasteiger partial charge in [0, 0.05) is 18.3 Å². The Bertz CT molecular complexity index is 545. The van der Waals surface area contributed by atoms with Crippen LogP contribution in [0.5, 0.6) is 0 Å². The maximum atomic E-state index is 4.46. The normalized spacial score (nSPS) is 10.7. The molecule has 0 bridgehead atoms. The first-order valence-corrected chi connectivity index (χ1v) is 6.05. The molecule has 0 unspecified atom stereocenters. The van der Waals surface area contributed by atoms with Crippen LogP contribution in [0, 0.1) is 20.8 Å². The highest BCUT2D eigenvalue weighted by molar-refractivity contribution is 5.35. The molecule has 2 rings (SSSR count). The first-order valence-electron chi connectivity index (χ1n) is 6.05. The Morgan fingerprint density at radius 2 is 1.94 bits per heavy atom. The molecule has 6 heteroatoms. The Balaban J connectivity index is 2.25. The van der Waals surface area contributed by atoms with Crippen molar-refractivity contribution in [2.24, 2.45) is 0 Å². The Morgan fingerprint density at radius 3 is 2.56 bits per heavy atom. The second-order valence-corrected chi connectivity index (χ2v) is 4.21. The molecule has 2 aromatic rings. The molecule has 0 saturated carbocycles. The number of hydrogen-bond donors (Lipinski definition) is 1. The summed E-state index contributed by atoms with van der Waals surface area (Å²) in [6.45, 7) is 9.21. The van der Waals surface area contributed by atoms with Crippen LogP contribution in [0.25, 0.3) is 0 Å². The molecule has 0 fully saturated rings. The summed E-state index contributed by atoms with van der Waals surface area (Å²) >= 11 is 0. The summed E-state index contributed by atoms with van der Waals surface area (Å²) in [5, 5.41) is 7.51. The average molecular weight is 246 g/mol. The van der Waals surface area contributed by atoms with E-state index < -0.39 is 0 Å². The molecule has 2 heterocycles. The van der Waals surface area contributed by atoms with Gasteiger partial charge in [-0.15, -0.1) is 0 Å². The van der Waals surface area contributed by atoms with Gasteiger partial charge in [0.15, 0.2) is 5.82 Å². The molecule has 0 aliphatic carbocycles. The summed E-state index contributed by atoms with van der Waals surface area (Å²) in [6, 6.07) is 1.94. The van der Waals surface area contributed by atoms with E-state index in [9.17, 15) is 0 Å². The van der Waals surface area contributed by atoms with Crippen LogP contribution in [0.4, 0.5) is 5.82 Å². The van der Waals surface area contributed by atoms with Gasteiger partial charge in [0.1, 0.15) is 24.0 Å². The molecule has 0 aromatic carbocycles. The van der Waals surface area contributed by atoms with Crippen LogP contribution in [0.2, 0.25) is 0 Å². The van der Waals surface area contributed by atoms with E-state index in [0.29, 0.717) is 6.54 Å². The zero-order valence-corrected chi connectivity index (χ0v) is 11.2. The first-order chi connectivity index (χ1) is 8.58. The standard InChI is InChI=1S/C12H18N6/c1-5-13-11-6-8(2)14-12(16-11)7-18-10(4)15-9(3)17-18/h6H,5,7H2,1-4H3,(H,13,14,16). The summed E-state index contributed by atoms with van der Waals surface area (Å²) in [6.07, 6.45) is 0. The molecule has 96 valence electrons. The third-order valence-electron chi connectivity index (χ3n) is 2.51. The molecular weight excluding hydrogens is 228 g/mol. The van der Waals surface area contributed by atoms with E-state index in [4.69, 9.17) is 0 Å². The summed E-state index contributed by atoms with van der Waals surface area (Å²) < 4.78 is 1.82. The highest BCUT2D eigenvalue weighted by atomic mass is 15.3. The molecular formula is C12H18N6. The molecule has 0 aliphatic rings. The topological polar surface area (TPSA) is 68.5 Å². The largest absolute Gasteiger partial charge is 0.370 e. The van der Waals surface area contributed by atoms with E-state index in [1.54, 1.807) is 0 Å². The van der Waals surface area contributed by atoms with E-state index in [0.717, 1.165) is 35.5 Å². The van der Waals surface area contributed by atoms with Crippen LogP contribution in [0.1, 0.15) is 30.1 Å². The van der Waals surface area contributed by atoms with Gasteiger partial charge in [-0.05, 0) is 27.7 Å². The van der Waals surface area contributed by atoms with Crippen molar-refractivity contribution < 1.29 is 0 Å². The summed E-state index contributed by atoms with van der Waals surface area (Å²) in [5.41, 5.74) is 0.949. The van der Waals surface area contributed by atoms with Gasteiger partial charge in [-0.25, -0.2) is 19.6 Å². The summed E-state index contributed by atoms with van der Waals surface area (Å²) in [4.78, 5) is 13.1. The number of rotatable bonds is 4. The summed E-state index contributed by atoms with van der Waals surface area (Å²) in [7, 11) is 0. The number of aryl methyl sites for hydroxylation is 3. The minimum atomic E-state index is 0.548. The van der Waals surface area contributed by atoms with Crippen molar-refractivity contribution in [2.75, 3.05) is 11.9 Å². The monoisotopic (exact) mass is 246 g/mol. The molecule has 2 aromatic heterocycles. The van der Waals surface area contributed by atoms with E-state index in [1.165, 1.54) is 0 Å². The van der Waals surface area contributed by atoms with Gasteiger partial charge in [0.2, 0.25) is 0 Å². The lowest BCUT2D eigenvalue weighted by atomic mass is 10.4. The minimum Gasteiger partial charge on any atom is -0.370 e. The van der Waals surface area contributed by atoms with Crippen LogP contribution in [0.3, 0.4) is 0 Å². The molecule has 0 amide bonds. The van der Waals surface area contributed by atoms with Crippen molar-refractivity contribution in [1.29, 1.82) is 0 Å². The Labute approximate surface area is 106 Å². The molecule has 0 atom stereocenters. The predicted molar refractivity (Wildman–Crippen MR) is 69.5 cm³/mol. The van der Waals surface area contributed by atoms with E-state index in [-0.39, 0.29) is 0 Å². The second-order valence-electron chi connectivity index (χ2n) is 4.21. The van der Waals surface area contributed by atoms with Crippen molar-refractivity contribution in [3.63, 3.8) is 0 Å². The maximum Gasteiger partial charge on any atom is 0.152 e. The molecule has 1 N–H and O–H groups in total. The Kier molecular flexibility index (Phi) is 3.55. The maximum absolute atomic E-state index is 4.46. The fraction of sp³-hybridized carbons (Fsp3) is 0.500. The lowest BCUT2D eigenvalue weighted by Crippen LogP contribution is -2.10. The number of aromatic nitrogens is 5. The van der Waals surface area contributed by atoms with Crippen LogP contribution < -0.4 is 5.32 Å². The third-order valence-corrected chi connectivity index (χ3v) is 2.51. The highest BCUT2D eigenvalue weighted by Crippen LogP contribution is 2.07. The van der Waals surface area contributed by atoms with E-state index >= 15 is 0 Å². The second kappa shape index (κ2) is 5.12. The van der Waals surface area contributed by atoms with Gasteiger partial charge in [-0.1, -0.05) is 0 Å². The third kappa shape index (κ3) is 2.82. The smallest absolute Gasteiger partial charge is 0.152 e. The molecule has 0 saturated heterocycles. The van der Waals surface area contributed by atoms with Crippen LogP contribution >= 0.6 is 0 Å². The lowest BCUT2D eigenvalue weighted by Gasteiger charge is -2.07. The molecule has 6 nitrogen and oxygen atoms in total. The number of anilines is 1. The van der Waals surface area contributed by atoms with Gasteiger partial charge in [0.05, 0.1) is 0 Å². The van der Waals surface area contributed by atoms with Gasteiger partial charge < -0.3 is 5.32 Å². The van der Waals surface area contributed by atoms with Crippen LogP contribution in [0.15, 0.2) is 6.07 Å². The molecule has 0 spiro atoms. The predicted octanol–water partition coefficient (Wildman–Crippen LogP) is 1.47. The lowest BCUT2D eigenvalue weighted by molar-refractivity contribution is 0.628. The summed E-state index contributed by atoms with van der Waals surface area (Å²) in [5.74, 6) is 3.25. The van der Waals surface area contributed by atoms with Crippen molar-refractivity contribution in [3.05, 3.63) is 29.2 Å². The van der Waals surface area contributed by atoms with Crippen LogP contribution in [-0.2, 0) is 6.54 Å². The van der Waals surface area contributed by atoms with Crippen molar-refractivity contribution >= 4 is 5.82 Å². The zero-order valence-electron chi connectivity index (χ0n) is 11.2. The van der Waals surface area contributed by atoms with Crippen molar-refractivity contribution in [3.8, 4) is 0 Å². The minimum absolute atomic E-state index is 0.548. The fourth-order valence-corrected chi connectivity index (χ4v) is 1.82. The Hall–Kier alpha value is -1.98. The van der Waals surface area contributed by atoms with Gasteiger partial charge in [-0.2, -0.15) is 5.10 Å². The van der Waals surface area contributed by atoms with Gasteiger partial charge in [0.25, 0.3) is 0 Å². The Morgan fingerprint density at radius 1 is 1.17 bits per heavy atom. The quantitative estimate of drug-likeness (QED) is 0.884. The van der Waals surface area contributed by atoms with Crippen molar-refractivity contribution in [1.82, 2.24) is 24.7 Å². The molecule has 18 heavy (non-hydrogen) atoms. The van der Waals surface area contributed by atoms with Crippen molar-refractivity contribution in [2.45, 2.75) is 34.2 Å². The highest BCUT2D eigenvalue weighted by Gasteiger charge is 2.07. The zero-order chi connectivity index (χ0) is 13.1. The number of nitrogens with one attached hydrogen (secondary N) is 1. The fourth-order valence-electron chi connectivity index (χ4n) is 1.82.